The van der Waals surface area contributed by atoms with Crippen molar-refractivity contribution in [3.63, 3.8) is 0 Å². The smallest absolute Gasteiger partial charge is 0.0267 e. The predicted octanol–water partition coefficient (Wildman–Crippen LogP) is 3.22. The van der Waals surface area contributed by atoms with E-state index in [1.54, 1.807) is 18.5 Å². The van der Waals surface area contributed by atoms with Crippen LogP contribution in [0, 0.1) is 0 Å². The normalized spacial score (nSPS) is 8.80. The van der Waals surface area contributed by atoms with Crippen LogP contribution in [0.25, 0.3) is 11.1 Å². The molecule has 0 aliphatic rings. The molecule has 1 aromatic heterocycles. The second-order valence-corrected chi connectivity index (χ2v) is 3.91. The molecule has 0 bridgehead atoms. The minimum Gasteiger partial charge on any atom is -0.265 e. The molecule has 1 heterocycles. The Morgan fingerprint density at radius 2 is 1.20 bits per heavy atom. The molecule has 0 spiro atoms. The van der Waals surface area contributed by atoms with Crippen LogP contribution in [0.1, 0.15) is 0 Å². The number of aromatic nitrogens is 1. The third kappa shape index (κ3) is 4.68. The number of phenols is 1. The summed E-state index contributed by atoms with van der Waals surface area (Å²) in [6, 6.07) is 22.9. The number of aromatic hydroxyl groups is 1. The molecule has 3 heteroatoms. The van der Waals surface area contributed by atoms with Crippen molar-refractivity contribution < 1.29 is 5.11 Å². The summed E-state index contributed by atoms with van der Waals surface area (Å²) in [7, 11) is 0. The van der Waals surface area contributed by atoms with Gasteiger partial charge in [0.25, 0.3) is 0 Å². The monoisotopic (exact) mass is 260 g/mol. The van der Waals surface area contributed by atoms with E-state index in [0.717, 1.165) is 11.1 Å². The number of pyridine rings is 1. The molecule has 0 amide bonds. The number of rotatable bonds is 1. The van der Waals surface area contributed by atoms with Crippen molar-refractivity contribution in [3.05, 3.63) is 85.2 Å². The number of phenolic OH excluding ortho intramolecular Hbond substituents is 1. The zero-order chi connectivity index (χ0) is 13.3. The quantitative estimate of drug-likeness (QED) is 0.681. The van der Waals surface area contributed by atoms with Gasteiger partial charge in [0.2, 0.25) is 0 Å². The van der Waals surface area contributed by atoms with Gasteiger partial charge in [-0.2, -0.15) is 0 Å². The van der Waals surface area contributed by atoms with Gasteiger partial charge in [-0.1, -0.05) is 54.6 Å². The Labute approximate surface area is 123 Å². The Morgan fingerprint density at radius 3 is 1.70 bits per heavy atom. The molecule has 0 atom stereocenters. The fraction of sp³-hybridized carbons (Fsp3) is 0. The van der Waals surface area contributed by atoms with Crippen LogP contribution in [-0.4, -0.2) is 20.2 Å². The topological polar surface area (TPSA) is 33.1 Å². The first-order valence-electron chi connectivity index (χ1n) is 6.06. The van der Waals surface area contributed by atoms with Gasteiger partial charge in [-0.15, -0.1) is 0 Å². The van der Waals surface area contributed by atoms with E-state index in [9.17, 15) is 5.11 Å². The average molecular weight is 260 g/mol. The minimum atomic E-state index is 0. The first-order chi connectivity index (χ1) is 9.38. The molecule has 0 aliphatic carbocycles. The Balaban J connectivity index is 0.000000243. The van der Waals surface area contributed by atoms with Gasteiger partial charge in [0, 0.05) is 18.0 Å². The van der Waals surface area contributed by atoms with Gasteiger partial charge in [-0.3, -0.25) is 4.98 Å². The zero-order valence-electron chi connectivity index (χ0n) is 10.5. The third-order valence-electron chi connectivity index (χ3n) is 2.56. The molecule has 3 rings (SSSR count). The van der Waals surface area contributed by atoms with Crippen LogP contribution in [-0.2, 0) is 0 Å². The summed E-state index contributed by atoms with van der Waals surface area (Å²) in [6.45, 7) is 0. The summed E-state index contributed by atoms with van der Waals surface area (Å²) in [6.07, 6.45) is 3.50. The van der Waals surface area contributed by atoms with Crippen LogP contribution in [0.2, 0.25) is 0 Å². The first-order valence-corrected chi connectivity index (χ1v) is 6.06. The fourth-order valence-electron chi connectivity index (χ4n) is 1.65. The van der Waals surface area contributed by atoms with Crippen molar-refractivity contribution in [2.75, 3.05) is 0 Å². The van der Waals surface area contributed by atoms with E-state index < -0.39 is 0 Å². The summed E-state index contributed by atoms with van der Waals surface area (Å²) >= 11 is 0. The Bertz CT molecular complexity index is 573. The zero-order valence-corrected chi connectivity index (χ0v) is 10.5. The van der Waals surface area contributed by atoms with Gasteiger partial charge in [0.15, 0.2) is 0 Å². The fourth-order valence-corrected chi connectivity index (χ4v) is 1.65. The molecule has 1 N–H and O–H groups in total. The van der Waals surface area contributed by atoms with Gasteiger partial charge >= 0.3 is 10.1 Å². The van der Waals surface area contributed by atoms with Gasteiger partial charge in [-0.25, -0.2) is 0 Å². The van der Waals surface area contributed by atoms with E-state index in [-0.39, 0.29) is 10.1 Å². The minimum absolute atomic E-state index is 0. The molecule has 20 heavy (non-hydrogen) atoms. The number of hydrogen-bond acceptors (Lipinski definition) is 2. The number of nitrogens with zero attached hydrogens (tertiary/aromatic N) is 1. The van der Waals surface area contributed by atoms with Gasteiger partial charge in [0.1, 0.15) is 5.75 Å². The van der Waals surface area contributed by atoms with Gasteiger partial charge in [0.05, 0.1) is 0 Å². The molecule has 3 aromatic rings. The molecule has 0 aliphatic heterocycles. The van der Waals surface area contributed by atoms with Crippen LogP contribution >= 0.6 is 0 Å². The van der Waals surface area contributed by atoms with E-state index in [1.165, 1.54) is 0 Å². The molecule has 0 radical (unpaired) electrons. The van der Waals surface area contributed by atoms with E-state index >= 15 is 0 Å². The number of para-hydroxylation sites is 1. The molecular weight excluding hydrogens is 243 g/mol. The molecule has 0 unspecified atom stereocenters. The average Bonchev–Trinajstić information content (AvgIpc) is 2.51. The number of hydrogen-bond donors (Lipinski definition) is 1. The third-order valence-corrected chi connectivity index (χ3v) is 2.56. The van der Waals surface area contributed by atoms with Crippen molar-refractivity contribution in [2.24, 2.45) is 0 Å². The van der Waals surface area contributed by atoms with Crippen LogP contribution in [0.4, 0.5) is 0 Å². The Hall–Kier alpha value is -2.44. The molecule has 2 nitrogen and oxygen atoms in total. The summed E-state index contributed by atoms with van der Waals surface area (Å²) in [5, 5.41) is 9.56. The Kier molecular flexibility index (Phi) is 6.73. The van der Waals surface area contributed by atoms with Crippen molar-refractivity contribution in [1.82, 2.24) is 4.98 Å². The summed E-state index contributed by atoms with van der Waals surface area (Å²) in [5.41, 5.74) is 1.92. The van der Waals surface area contributed by atoms with E-state index in [4.69, 9.17) is 0 Å². The number of benzene rings is 2. The largest absolute Gasteiger partial charge is 0.265 e. The van der Waals surface area contributed by atoms with Crippen LogP contribution in [0.15, 0.2) is 85.2 Å². The molecular formula is C17H17BeNO. The summed E-state index contributed by atoms with van der Waals surface area (Å²) < 4.78 is 0. The van der Waals surface area contributed by atoms with Gasteiger partial charge < -0.3 is 5.11 Å². The van der Waals surface area contributed by atoms with Crippen molar-refractivity contribution in [2.45, 2.75) is 0 Å². The summed E-state index contributed by atoms with van der Waals surface area (Å²) in [4.78, 5) is 3.78. The predicted molar refractivity (Wildman–Crippen MR) is 86.3 cm³/mol. The van der Waals surface area contributed by atoms with Crippen molar-refractivity contribution >= 4 is 10.1 Å². The van der Waals surface area contributed by atoms with E-state index in [1.807, 2.05) is 66.7 Å². The molecule has 0 fully saturated rings. The maximum Gasteiger partial charge on any atom is 0.0267 e. The van der Waals surface area contributed by atoms with Crippen molar-refractivity contribution in [1.29, 1.82) is 0 Å². The standard InChI is InChI=1S/C12H10O.C5H5N.Be.2H/c13-12-9-5-4-8-11(12)10-6-2-1-3-7-10;1-2-4-6-5-3-1;;;/h1-9,13H;1-5H;;;. The van der Waals surface area contributed by atoms with Crippen LogP contribution in [0.3, 0.4) is 0 Å². The Morgan fingerprint density at radius 1 is 0.650 bits per heavy atom. The van der Waals surface area contributed by atoms with Crippen LogP contribution < -0.4 is 0 Å². The molecule has 2 aromatic carbocycles. The summed E-state index contributed by atoms with van der Waals surface area (Å²) in [5.74, 6) is 0.328. The molecule has 0 saturated heterocycles. The maximum absolute atomic E-state index is 9.56. The first kappa shape index (κ1) is 15.6. The SMILES string of the molecule is Oc1ccccc1-c1ccccc1.[BeH2].c1ccncc1. The van der Waals surface area contributed by atoms with E-state index in [2.05, 4.69) is 4.98 Å². The second kappa shape index (κ2) is 8.62. The maximum atomic E-state index is 9.56. The van der Waals surface area contributed by atoms with Crippen molar-refractivity contribution in [3.8, 4) is 16.9 Å². The molecule has 0 saturated carbocycles. The van der Waals surface area contributed by atoms with E-state index in [0.29, 0.717) is 5.75 Å². The molecule has 98 valence electrons. The van der Waals surface area contributed by atoms with Crippen LogP contribution in [0.5, 0.6) is 5.75 Å². The second-order valence-electron chi connectivity index (χ2n) is 3.91. The van der Waals surface area contributed by atoms with Gasteiger partial charge in [-0.05, 0) is 23.8 Å².